The number of carbonyl (C=O) groups excluding carboxylic acids is 1. The molecule has 1 aromatic heterocycles. The van der Waals surface area contributed by atoms with Crippen molar-refractivity contribution in [2.75, 3.05) is 18.4 Å². The fourth-order valence-corrected chi connectivity index (χ4v) is 3.28. The molecule has 1 saturated heterocycles. The minimum absolute atomic E-state index is 0.0557. The predicted octanol–water partition coefficient (Wildman–Crippen LogP) is 2.40. The first-order valence-electron chi connectivity index (χ1n) is 6.78. The number of anilines is 1. The summed E-state index contributed by atoms with van der Waals surface area (Å²) in [5.74, 6) is 0.0557. The van der Waals surface area contributed by atoms with Crippen molar-refractivity contribution in [1.82, 2.24) is 10.3 Å². The van der Waals surface area contributed by atoms with E-state index in [1.807, 2.05) is 35.7 Å². The van der Waals surface area contributed by atoms with E-state index in [1.165, 1.54) is 11.3 Å². The van der Waals surface area contributed by atoms with Crippen LogP contribution in [-0.4, -0.2) is 24.0 Å². The molecule has 0 radical (unpaired) electrons. The molecule has 0 atom stereocenters. The SMILES string of the molecule is O=C(Nc1nccs1)C1(c2ccccc2)CCNCC1. The maximum atomic E-state index is 12.8. The van der Waals surface area contributed by atoms with E-state index < -0.39 is 5.41 Å². The normalized spacial score (nSPS) is 17.6. The maximum Gasteiger partial charge on any atom is 0.236 e. The number of nitrogens with zero attached hydrogens (tertiary/aromatic N) is 1. The van der Waals surface area contributed by atoms with Crippen molar-refractivity contribution in [1.29, 1.82) is 0 Å². The Morgan fingerprint density at radius 2 is 2.00 bits per heavy atom. The summed E-state index contributed by atoms with van der Waals surface area (Å²) in [7, 11) is 0. The number of aromatic nitrogens is 1. The molecule has 0 aliphatic carbocycles. The molecular formula is C15H17N3OS. The van der Waals surface area contributed by atoms with E-state index in [0.717, 1.165) is 31.5 Å². The summed E-state index contributed by atoms with van der Waals surface area (Å²) < 4.78 is 0. The van der Waals surface area contributed by atoms with Gasteiger partial charge in [-0.2, -0.15) is 0 Å². The van der Waals surface area contributed by atoms with Crippen LogP contribution in [0.25, 0.3) is 0 Å². The molecule has 1 amide bonds. The zero-order valence-electron chi connectivity index (χ0n) is 11.1. The molecule has 104 valence electrons. The fraction of sp³-hybridized carbons (Fsp3) is 0.333. The van der Waals surface area contributed by atoms with E-state index in [2.05, 4.69) is 15.6 Å². The number of rotatable bonds is 3. The predicted molar refractivity (Wildman–Crippen MR) is 81.0 cm³/mol. The minimum Gasteiger partial charge on any atom is -0.317 e. The fourth-order valence-electron chi connectivity index (χ4n) is 2.76. The van der Waals surface area contributed by atoms with Gasteiger partial charge < -0.3 is 10.6 Å². The van der Waals surface area contributed by atoms with Crippen molar-refractivity contribution in [3.8, 4) is 0 Å². The van der Waals surface area contributed by atoms with Gasteiger partial charge in [-0.1, -0.05) is 30.3 Å². The van der Waals surface area contributed by atoms with Crippen LogP contribution < -0.4 is 10.6 Å². The summed E-state index contributed by atoms with van der Waals surface area (Å²) >= 11 is 1.45. The van der Waals surface area contributed by atoms with Crippen LogP contribution in [-0.2, 0) is 10.2 Å². The molecule has 2 heterocycles. The maximum absolute atomic E-state index is 12.8. The average Bonchev–Trinajstić information content (AvgIpc) is 3.02. The molecule has 1 aromatic carbocycles. The van der Waals surface area contributed by atoms with E-state index in [1.54, 1.807) is 6.20 Å². The first-order valence-corrected chi connectivity index (χ1v) is 7.66. The van der Waals surface area contributed by atoms with Crippen molar-refractivity contribution in [3.63, 3.8) is 0 Å². The highest BCUT2D eigenvalue weighted by molar-refractivity contribution is 7.13. The van der Waals surface area contributed by atoms with Crippen LogP contribution in [0.15, 0.2) is 41.9 Å². The summed E-state index contributed by atoms with van der Waals surface area (Å²) in [5, 5.41) is 8.84. The number of thiazole rings is 1. The summed E-state index contributed by atoms with van der Waals surface area (Å²) in [6, 6.07) is 10.1. The highest BCUT2D eigenvalue weighted by Crippen LogP contribution is 2.35. The molecule has 0 unspecified atom stereocenters. The smallest absolute Gasteiger partial charge is 0.236 e. The van der Waals surface area contributed by atoms with Gasteiger partial charge in [0.1, 0.15) is 0 Å². The second-order valence-electron chi connectivity index (χ2n) is 4.99. The summed E-state index contributed by atoms with van der Waals surface area (Å²) in [5.41, 5.74) is 0.647. The Morgan fingerprint density at radius 1 is 1.25 bits per heavy atom. The quantitative estimate of drug-likeness (QED) is 0.911. The Balaban J connectivity index is 1.91. The summed E-state index contributed by atoms with van der Waals surface area (Å²) in [6.45, 7) is 1.72. The molecule has 1 fully saturated rings. The van der Waals surface area contributed by atoms with Crippen LogP contribution in [0.3, 0.4) is 0 Å². The van der Waals surface area contributed by atoms with Gasteiger partial charge in [-0.3, -0.25) is 4.79 Å². The highest BCUT2D eigenvalue weighted by Gasteiger charge is 2.41. The lowest BCUT2D eigenvalue weighted by molar-refractivity contribution is -0.122. The van der Waals surface area contributed by atoms with E-state index >= 15 is 0 Å². The zero-order chi connectivity index (χ0) is 13.8. The minimum atomic E-state index is -0.446. The zero-order valence-corrected chi connectivity index (χ0v) is 12.0. The van der Waals surface area contributed by atoms with Gasteiger partial charge in [-0.05, 0) is 31.5 Å². The number of piperidine rings is 1. The van der Waals surface area contributed by atoms with Crippen LogP contribution in [0.2, 0.25) is 0 Å². The van der Waals surface area contributed by atoms with Crippen LogP contribution in [0.1, 0.15) is 18.4 Å². The highest BCUT2D eigenvalue weighted by atomic mass is 32.1. The number of carbonyl (C=O) groups is 1. The Hall–Kier alpha value is -1.72. The molecule has 20 heavy (non-hydrogen) atoms. The summed E-state index contributed by atoms with van der Waals surface area (Å²) in [6.07, 6.45) is 3.33. The molecule has 1 aliphatic heterocycles. The topological polar surface area (TPSA) is 54.0 Å². The Morgan fingerprint density at radius 3 is 2.65 bits per heavy atom. The Bertz CT molecular complexity index is 562. The first kappa shape index (κ1) is 13.3. The van der Waals surface area contributed by atoms with Gasteiger partial charge in [0.15, 0.2) is 5.13 Å². The lowest BCUT2D eigenvalue weighted by Gasteiger charge is -2.36. The molecule has 4 nitrogen and oxygen atoms in total. The van der Waals surface area contributed by atoms with Crippen LogP contribution in [0.4, 0.5) is 5.13 Å². The van der Waals surface area contributed by atoms with Gasteiger partial charge in [0.25, 0.3) is 0 Å². The average molecular weight is 287 g/mol. The van der Waals surface area contributed by atoms with Crippen LogP contribution >= 0.6 is 11.3 Å². The van der Waals surface area contributed by atoms with Crippen molar-refractivity contribution < 1.29 is 4.79 Å². The standard InChI is InChI=1S/C15H17N3OS/c19-13(18-14-17-10-11-20-14)15(6-8-16-9-7-15)12-4-2-1-3-5-12/h1-5,10-11,16H,6-9H2,(H,17,18,19). The lowest BCUT2D eigenvalue weighted by atomic mass is 9.72. The molecule has 0 spiro atoms. The molecule has 2 aromatic rings. The molecular weight excluding hydrogens is 270 g/mol. The second-order valence-corrected chi connectivity index (χ2v) is 5.88. The van der Waals surface area contributed by atoms with Crippen LogP contribution in [0, 0.1) is 0 Å². The van der Waals surface area contributed by atoms with E-state index in [-0.39, 0.29) is 5.91 Å². The number of hydrogen-bond donors (Lipinski definition) is 2. The van der Waals surface area contributed by atoms with Crippen molar-refractivity contribution in [2.45, 2.75) is 18.3 Å². The number of amides is 1. The van der Waals surface area contributed by atoms with E-state index in [4.69, 9.17) is 0 Å². The van der Waals surface area contributed by atoms with Gasteiger partial charge in [0.05, 0.1) is 5.41 Å². The van der Waals surface area contributed by atoms with Crippen molar-refractivity contribution >= 4 is 22.4 Å². The van der Waals surface area contributed by atoms with E-state index in [0.29, 0.717) is 5.13 Å². The van der Waals surface area contributed by atoms with E-state index in [9.17, 15) is 4.79 Å². The lowest BCUT2D eigenvalue weighted by Crippen LogP contribution is -2.48. The largest absolute Gasteiger partial charge is 0.317 e. The Labute approximate surface area is 122 Å². The number of benzene rings is 1. The summed E-state index contributed by atoms with van der Waals surface area (Å²) in [4.78, 5) is 17.0. The molecule has 0 saturated carbocycles. The van der Waals surface area contributed by atoms with Gasteiger partial charge in [-0.15, -0.1) is 11.3 Å². The van der Waals surface area contributed by atoms with Crippen molar-refractivity contribution in [3.05, 3.63) is 47.5 Å². The molecule has 5 heteroatoms. The monoisotopic (exact) mass is 287 g/mol. The second kappa shape index (κ2) is 5.73. The third kappa shape index (κ3) is 2.46. The third-order valence-electron chi connectivity index (χ3n) is 3.87. The molecule has 3 rings (SSSR count). The number of hydrogen-bond acceptors (Lipinski definition) is 4. The van der Waals surface area contributed by atoms with Crippen LogP contribution in [0.5, 0.6) is 0 Å². The van der Waals surface area contributed by atoms with Gasteiger partial charge in [0.2, 0.25) is 5.91 Å². The number of nitrogens with one attached hydrogen (secondary N) is 2. The third-order valence-corrected chi connectivity index (χ3v) is 4.56. The Kier molecular flexibility index (Phi) is 3.80. The van der Waals surface area contributed by atoms with Crippen molar-refractivity contribution in [2.24, 2.45) is 0 Å². The van der Waals surface area contributed by atoms with Gasteiger partial charge in [0, 0.05) is 11.6 Å². The van der Waals surface area contributed by atoms with Gasteiger partial charge in [-0.25, -0.2) is 4.98 Å². The molecule has 0 bridgehead atoms. The molecule has 2 N–H and O–H groups in total. The molecule has 1 aliphatic rings. The van der Waals surface area contributed by atoms with Gasteiger partial charge >= 0.3 is 0 Å². The first-order chi connectivity index (χ1) is 9.81.